The number of urea groups is 1. The number of hydrogen-bond donors (Lipinski definition) is 2. The van der Waals surface area contributed by atoms with Crippen LogP contribution in [0.5, 0.6) is 0 Å². The maximum atomic E-state index is 12.0. The summed E-state index contributed by atoms with van der Waals surface area (Å²) < 4.78 is 10.6. The molecule has 1 atom stereocenters. The van der Waals surface area contributed by atoms with Crippen molar-refractivity contribution in [3.63, 3.8) is 0 Å². The Morgan fingerprint density at radius 1 is 1.46 bits per heavy atom. The molecule has 0 saturated carbocycles. The summed E-state index contributed by atoms with van der Waals surface area (Å²) in [6.45, 7) is 3.66. The van der Waals surface area contributed by atoms with E-state index in [2.05, 4.69) is 20.8 Å². The molecule has 0 aromatic carbocycles. The molecule has 10 heteroatoms. The summed E-state index contributed by atoms with van der Waals surface area (Å²) in [4.78, 5) is 40.8. The summed E-state index contributed by atoms with van der Waals surface area (Å²) in [6.07, 6.45) is 1.61. The number of aromatic nitrogens is 2. The smallest absolute Gasteiger partial charge is 0.325 e. The van der Waals surface area contributed by atoms with Gasteiger partial charge in [-0.3, -0.25) is 14.9 Å². The van der Waals surface area contributed by atoms with Gasteiger partial charge in [0.1, 0.15) is 18.2 Å². The molecule has 0 aliphatic carbocycles. The van der Waals surface area contributed by atoms with Crippen LogP contribution in [-0.4, -0.2) is 51.6 Å². The molecule has 10 nitrogen and oxygen atoms in total. The summed E-state index contributed by atoms with van der Waals surface area (Å²) in [7, 11) is 0. The van der Waals surface area contributed by atoms with Crippen LogP contribution in [0.15, 0.2) is 4.52 Å². The van der Waals surface area contributed by atoms with Crippen molar-refractivity contribution >= 4 is 17.8 Å². The fourth-order valence-corrected chi connectivity index (χ4v) is 2.58. The molecule has 1 aromatic heterocycles. The van der Waals surface area contributed by atoms with Crippen LogP contribution in [0.1, 0.15) is 44.5 Å². The Balaban J connectivity index is 1.52. The van der Waals surface area contributed by atoms with Crippen molar-refractivity contribution < 1.29 is 23.6 Å². The zero-order chi connectivity index (χ0) is 17.3. The van der Waals surface area contributed by atoms with E-state index in [1.54, 1.807) is 13.8 Å². The first-order valence-corrected chi connectivity index (χ1v) is 7.72. The Hall–Kier alpha value is -2.49. The second kappa shape index (κ2) is 6.19. The standard InChI is InChI=1S/C14H19N5O5/c1-14(2)12(21)17-13(22)19(14)7-10(20)15-6-9-16-11(24-18-9)8-4-3-5-23-8/h8H,3-7H2,1-2H3,(H,15,20)(H,17,21,22). The minimum absolute atomic E-state index is 0.0683. The number of carbonyl (C=O) groups excluding carboxylic acids is 3. The predicted molar refractivity (Wildman–Crippen MR) is 78.4 cm³/mol. The number of nitrogens with one attached hydrogen (secondary N) is 2. The van der Waals surface area contributed by atoms with Crippen LogP contribution in [-0.2, 0) is 20.9 Å². The van der Waals surface area contributed by atoms with E-state index in [-0.39, 0.29) is 19.2 Å². The van der Waals surface area contributed by atoms with Gasteiger partial charge in [0.25, 0.3) is 11.8 Å². The molecule has 0 radical (unpaired) electrons. The van der Waals surface area contributed by atoms with Crippen LogP contribution in [0, 0.1) is 0 Å². The van der Waals surface area contributed by atoms with Gasteiger partial charge in [-0.05, 0) is 26.7 Å². The number of hydrogen-bond acceptors (Lipinski definition) is 7. The van der Waals surface area contributed by atoms with Crippen LogP contribution in [0.25, 0.3) is 0 Å². The van der Waals surface area contributed by atoms with Gasteiger partial charge in [0.15, 0.2) is 5.82 Å². The molecule has 2 fully saturated rings. The number of amides is 4. The lowest BCUT2D eigenvalue weighted by Gasteiger charge is -2.26. The van der Waals surface area contributed by atoms with Crippen LogP contribution < -0.4 is 10.6 Å². The Morgan fingerprint density at radius 2 is 2.25 bits per heavy atom. The van der Waals surface area contributed by atoms with Gasteiger partial charge in [-0.1, -0.05) is 5.16 Å². The highest BCUT2D eigenvalue weighted by Crippen LogP contribution is 2.26. The summed E-state index contributed by atoms with van der Waals surface area (Å²) >= 11 is 0. The largest absolute Gasteiger partial charge is 0.368 e. The maximum absolute atomic E-state index is 12.0. The maximum Gasteiger partial charge on any atom is 0.325 e. The van der Waals surface area contributed by atoms with Gasteiger partial charge < -0.3 is 19.5 Å². The van der Waals surface area contributed by atoms with E-state index in [1.165, 1.54) is 4.90 Å². The Bertz CT molecular complexity index is 664. The second-order valence-corrected chi connectivity index (χ2v) is 6.23. The summed E-state index contributed by atoms with van der Waals surface area (Å²) in [6, 6.07) is -0.583. The molecule has 24 heavy (non-hydrogen) atoms. The molecule has 2 N–H and O–H groups in total. The van der Waals surface area contributed by atoms with Crippen LogP contribution in [0.4, 0.5) is 4.79 Å². The van der Waals surface area contributed by atoms with Crippen LogP contribution in [0.2, 0.25) is 0 Å². The van der Waals surface area contributed by atoms with Gasteiger partial charge in [-0.25, -0.2) is 4.79 Å². The number of rotatable bonds is 5. The molecule has 2 aliphatic rings. The topological polar surface area (TPSA) is 127 Å². The molecule has 2 saturated heterocycles. The molecule has 130 valence electrons. The molecule has 3 rings (SSSR count). The van der Waals surface area contributed by atoms with Gasteiger partial charge in [-0.15, -0.1) is 0 Å². The van der Waals surface area contributed by atoms with E-state index < -0.39 is 23.4 Å². The van der Waals surface area contributed by atoms with Crippen LogP contribution in [0.3, 0.4) is 0 Å². The molecular weight excluding hydrogens is 318 g/mol. The number of nitrogens with zero attached hydrogens (tertiary/aromatic N) is 3. The highest BCUT2D eigenvalue weighted by molar-refractivity contribution is 6.07. The van der Waals surface area contributed by atoms with Crippen molar-refractivity contribution in [2.24, 2.45) is 0 Å². The van der Waals surface area contributed by atoms with E-state index in [0.29, 0.717) is 18.3 Å². The van der Waals surface area contributed by atoms with Gasteiger partial charge in [-0.2, -0.15) is 4.98 Å². The van der Waals surface area contributed by atoms with Gasteiger partial charge >= 0.3 is 6.03 Å². The fourth-order valence-electron chi connectivity index (χ4n) is 2.58. The van der Waals surface area contributed by atoms with E-state index >= 15 is 0 Å². The van der Waals surface area contributed by atoms with Crippen molar-refractivity contribution in [3.8, 4) is 0 Å². The molecule has 0 spiro atoms. The van der Waals surface area contributed by atoms with E-state index in [9.17, 15) is 14.4 Å². The van der Waals surface area contributed by atoms with Gasteiger partial charge in [0, 0.05) is 6.61 Å². The zero-order valence-corrected chi connectivity index (χ0v) is 13.5. The van der Waals surface area contributed by atoms with E-state index in [4.69, 9.17) is 9.26 Å². The first-order valence-electron chi connectivity index (χ1n) is 7.72. The molecule has 1 unspecified atom stereocenters. The normalized spacial score (nSPS) is 22.8. The minimum atomic E-state index is -1.06. The lowest BCUT2D eigenvalue weighted by Crippen LogP contribution is -2.48. The quantitative estimate of drug-likeness (QED) is 0.716. The first-order chi connectivity index (χ1) is 11.4. The van der Waals surface area contributed by atoms with Crippen molar-refractivity contribution in [1.82, 2.24) is 25.7 Å². The highest BCUT2D eigenvalue weighted by Gasteiger charge is 2.46. The summed E-state index contributed by atoms with van der Waals surface area (Å²) in [5.74, 6) is -0.117. The van der Waals surface area contributed by atoms with Crippen molar-refractivity contribution in [1.29, 1.82) is 0 Å². The van der Waals surface area contributed by atoms with E-state index in [0.717, 1.165) is 12.8 Å². The third-order valence-electron chi connectivity index (χ3n) is 4.13. The number of ether oxygens (including phenoxy) is 1. The third-order valence-corrected chi connectivity index (χ3v) is 4.13. The number of imide groups is 1. The SMILES string of the molecule is CC1(C)C(=O)NC(=O)N1CC(=O)NCc1noc(C2CCCO2)n1. The summed E-state index contributed by atoms with van der Waals surface area (Å²) in [5.41, 5.74) is -1.06. The predicted octanol–water partition coefficient (Wildman–Crippen LogP) is -0.132. The van der Waals surface area contributed by atoms with Crippen molar-refractivity contribution in [3.05, 3.63) is 11.7 Å². The Labute approximate surface area is 137 Å². The lowest BCUT2D eigenvalue weighted by molar-refractivity contribution is -0.127. The van der Waals surface area contributed by atoms with Crippen molar-refractivity contribution in [2.45, 2.75) is 44.9 Å². The minimum Gasteiger partial charge on any atom is -0.368 e. The zero-order valence-electron chi connectivity index (χ0n) is 13.5. The molecular formula is C14H19N5O5. The van der Waals surface area contributed by atoms with E-state index in [1.807, 2.05) is 0 Å². The Kier molecular flexibility index (Phi) is 4.22. The number of carbonyl (C=O) groups is 3. The monoisotopic (exact) mass is 337 g/mol. The van der Waals surface area contributed by atoms with Gasteiger partial charge in [0.2, 0.25) is 5.91 Å². The average Bonchev–Trinajstić information content (AvgIpc) is 3.23. The molecule has 2 aliphatic heterocycles. The molecule has 1 aromatic rings. The second-order valence-electron chi connectivity index (χ2n) is 6.23. The lowest BCUT2D eigenvalue weighted by atomic mass is 10.0. The molecule has 3 heterocycles. The molecule has 0 bridgehead atoms. The highest BCUT2D eigenvalue weighted by atomic mass is 16.5. The average molecular weight is 337 g/mol. The van der Waals surface area contributed by atoms with Gasteiger partial charge in [0.05, 0.1) is 6.54 Å². The third kappa shape index (κ3) is 3.09. The summed E-state index contributed by atoms with van der Waals surface area (Å²) in [5, 5.41) is 8.58. The van der Waals surface area contributed by atoms with Crippen LogP contribution >= 0.6 is 0 Å². The molecule has 4 amide bonds. The Morgan fingerprint density at radius 3 is 2.88 bits per heavy atom. The van der Waals surface area contributed by atoms with Crippen molar-refractivity contribution in [2.75, 3.05) is 13.2 Å². The fraction of sp³-hybridized carbons (Fsp3) is 0.643. The first kappa shape index (κ1) is 16.4.